The number of benzene rings is 1. The maximum absolute atomic E-state index is 14.5. The molecule has 110 valence electrons. The molecule has 0 saturated carbocycles. The third-order valence-corrected chi connectivity index (χ3v) is 3.76. The van der Waals surface area contributed by atoms with E-state index in [1.165, 1.54) is 38.1 Å². The Balaban J connectivity index is 2.52. The summed E-state index contributed by atoms with van der Waals surface area (Å²) in [6, 6.07) is 5.34. The van der Waals surface area contributed by atoms with E-state index in [4.69, 9.17) is 0 Å². The summed E-state index contributed by atoms with van der Waals surface area (Å²) in [5.74, 6) is -3.43. The Morgan fingerprint density at radius 3 is 2.24 bits per heavy atom. The molecule has 0 fully saturated rings. The van der Waals surface area contributed by atoms with Gasteiger partial charge in [0.15, 0.2) is 11.4 Å². The summed E-state index contributed by atoms with van der Waals surface area (Å²) in [7, 11) is 0. The minimum absolute atomic E-state index is 0.0509. The summed E-state index contributed by atoms with van der Waals surface area (Å²) in [4.78, 5) is 2.44. The molecule has 1 heterocycles. The van der Waals surface area contributed by atoms with Crippen LogP contribution in [0.4, 0.5) is 22.0 Å². The molecule has 21 heavy (non-hydrogen) atoms. The van der Waals surface area contributed by atoms with Crippen LogP contribution in [0.3, 0.4) is 0 Å². The van der Waals surface area contributed by atoms with E-state index in [0.717, 1.165) is 0 Å². The minimum Gasteiger partial charge on any atom is -0.212 e. The van der Waals surface area contributed by atoms with E-state index in [-0.39, 0.29) is 22.5 Å². The third-order valence-electron chi connectivity index (χ3n) is 3.76. The van der Waals surface area contributed by atoms with Gasteiger partial charge >= 0.3 is 12.1 Å². The molecule has 1 N–H and O–H groups in total. The van der Waals surface area contributed by atoms with Crippen molar-refractivity contribution in [1.82, 2.24) is 0 Å². The lowest BCUT2D eigenvalue weighted by molar-refractivity contribution is -0.401. The highest BCUT2D eigenvalue weighted by Gasteiger charge is 2.53. The average Bonchev–Trinajstić information content (AvgIpc) is 2.57. The highest BCUT2D eigenvalue weighted by atomic mass is 19.4. The molecule has 0 atom stereocenters. The molecule has 0 amide bonds. The quantitative estimate of drug-likeness (QED) is 0.646. The van der Waals surface area contributed by atoms with Gasteiger partial charge in [0.2, 0.25) is 0 Å². The molecular formula is C15H11F5N+. The Bertz CT molecular complexity index is 746. The summed E-state index contributed by atoms with van der Waals surface area (Å²) in [6.45, 7) is 2.61. The Hall–Kier alpha value is -1.98. The Morgan fingerprint density at radius 2 is 1.62 bits per heavy atom. The van der Waals surface area contributed by atoms with E-state index in [0.29, 0.717) is 0 Å². The van der Waals surface area contributed by atoms with Gasteiger partial charge < -0.3 is 0 Å². The van der Waals surface area contributed by atoms with Crippen molar-refractivity contribution in [2.24, 2.45) is 0 Å². The van der Waals surface area contributed by atoms with E-state index >= 15 is 0 Å². The highest BCUT2D eigenvalue weighted by molar-refractivity contribution is 5.82. The first-order valence-electron chi connectivity index (χ1n) is 6.27. The summed E-state index contributed by atoms with van der Waals surface area (Å²) >= 11 is 0. The zero-order chi connectivity index (χ0) is 15.6. The molecule has 3 rings (SSSR count). The van der Waals surface area contributed by atoms with Crippen LogP contribution < -0.4 is 4.98 Å². The van der Waals surface area contributed by atoms with Crippen molar-refractivity contribution in [2.45, 2.75) is 25.9 Å². The van der Waals surface area contributed by atoms with E-state index in [2.05, 4.69) is 4.98 Å². The molecule has 1 nitrogen and oxygen atoms in total. The minimum atomic E-state index is -4.70. The van der Waals surface area contributed by atoms with Crippen LogP contribution in [-0.4, -0.2) is 0 Å². The van der Waals surface area contributed by atoms with Gasteiger partial charge in [-0.25, -0.2) is 4.98 Å². The molecule has 2 aromatic rings. The number of aryl methyl sites for hydroxylation is 2. The SMILES string of the molecule is Cc1[nH+]c(C)c2c(c1C(F)(F)F)-c1ccccc1C2(F)F. The standard InChI is InChI=1S/C15H10F5N/c1-7-12-11(13(8(2)21-7)15(18,19)20)9-5-3-4-6-10(9)14(12,16)17/h3-6H,1-2H3/p+1. The molecule has 6 heteroatoms. The van der Waals surface area contributed by atoms with E-state index < -0.39 is 28.8 Å². The fourth-order valence-corrected chi connectivity index (χ4v) is 3.03. The number of aromatic nitrogens is 1. The van der Waals surface area contributed by atoms with Gasteiger partial charge in [0.1, 0.15) is 11.1 Å². The molecule has 1 aromatic heterocycles. The second-order valence-electron chi connectivity index (χ2n) is 5.12. The number of hydrogen-bond acceptors (Lipinski definition) is 0. The van der Waals surface area contributed by atoms with Crippen molar-refractivity contribution in [1.29, 1.82) is 0 Å². The first-order chi connectivity index (χ1) is 9.65. The number of pyridine rings is 1. The fraction of sp³-hybridized carbons (Fsp3) is 0.267. The van der Waals surface area contributed by atoms with Gasteiger partial charge in [0.25, 0.3) is 0 Å². The van der Waals surface area contributed by atoms with Crippen molar-refractivity contribution >= 4 is 0 Å². The van der Waals surface area contributed by atoms with Gasteiger partial charge in [-0.2, -0.15) is 22.0 Å². The van der Waals surface area contributed by atoms with Crippen molar-refractivity contribution in [2.75, 3.05) is 0 Å². The lowest BCUT2D eigenvalue weighted by Gasteiger charge is -2.15. The zero-order valence-corrected chi connectivity index (χ0v) is 11.2. The normalized spacial score (nSPS) is 15.8. The lowest BCUT2D eigenvalue weighted by atomic mass is 9.97. The smallest absolute Gasteiger partial charge is 0.212 e. The van der Waals surface area contributed by atoms with Crippen LogP contribution in [0.1, 0.15) is 28.1 Å². The van der Waals surface area contributed by atoms with Crippen LogP contribution >= 0.6 is 0 Å². The molecule has 0 unspecified atom stereocenters. The van der Waals surface area contributed by atoms with Crippen molar-refractivity contribution in [3.05, 3.63) is 52.3 Å². The number of halogens is 5. The van der Waals surface area contributed by atoms with Crippen molar-refractivity contribution in [3.63, 3.8) is 0 Å². The topological polar surface area (TPSA) is 14.1 Å². The molecule has 1 aliphatic carbocycles. The molecule has 0 radical (unpaired) electrons. The monoisotopic (exact) mass is 300 g/mol. The first-order valence-corrected chi connectivity index (χ1v) is 6.27. The number of aromatic amines is 1. The number of alkyl halides is 5. The number of fused-ring (bicyclic) bond motifs is 3. The second-order valence-corrected chi connectivity index (χ2v) is 5.12. The van der Waals surface area contributed by atoms with E-state index in [1.807, 2.05) is 0 Å². The maximum Gasteiger partial charge on any atom is 0.423 e. The number of rotatable bonds is 0. The van der Waals surface area contributed by atoms with Crippen LogP contribution in [0.5, 0.6) is 0 Å². The molecule has 0 spiro atoms. The van der Waals surface area contributed by atoms with E-state index in [1.54, 1.807) is 0 Å². The Morgan fingerprint density at radius 1 is 1.00 bits per heavy atom. The largest absolute Gasteiger partial charge is 0.423 e. The van der Waals surface area contributed by atoms with Gasteiger partial charge in [-0.15, -0.1) is 0 Å². The summed E-state index contributed by atoms with van der Waals surface area (Å²) < 4.78 is 69.0. The predicted octanol–water partition coefficient (Wildman–Crippen LogP) is 4.26. The number of nitrogens with one attached hydrogen (secondary N) is 1. The van der Waals surface area contributed by atoms with Crippen LogP contribution in [0.2, 0.25) is 0 Å². The molecular weight excluding hydrogens is 289 g/mol. The average molecular weight is 300 g/mol. The van der Waals surface area contributed by atoms with Crippen LogP contribution in [0.25, 0.3) is 11.1 Å². The van der Waals surface area contributed by atoms with Gasteiger partial charge in [0.05, 0.1) is 0 Å². The Kier molecular flexibility index (Phi) is 2.68. The molecule has 1 aromatic carbocycles. The maximum atomic E-state index is 14.5. The highest BCUT2D eigenvalue weighted by Crippen LogP contribution is 2.55. The summed E-state index contributed by atoms with van der Waals surface area (Å²) in [5.41, 5.74) is -2.55. The van der Waals surface area contributed by atoms with Gasteiger partial charge in [-0.05, 0) is 5.56 Å². The molecule has 0 saturated heterocycles. The van der Waals surface area contributed by atoms with Gasteiger partial charge in [-0.3, -0.25) is 0 Å². The summed E-state index contributed by atoms with van der Waals surface area (Å²) in [5, 5.41) is 0. The second kappa shape index (κ2) is 4.02. The zero-order valence-electron chi connectivity index (χ0n) is 11.2. The van der Waals surface area contributed by atoms with Crippen LogP contribution in [0.15, 0.2) is 24.3 Å². The summed E-state index contributed by atoms with van der Waals surface area (Å²) in [6.07, 6.45) is -4.70. The van der Waals surface area contributed by atoms with Crippen molar-refractivity contribution in [3.8, 4) is 11.1 Å². The molecule has 0 bridgehead atoms. The fourth-order valence-electron chi connectivity index (χ4n) is 3.03. The third kappa shape index (κ3) is 1.78. The predicted molar refractivity (Wildman–Crippen MR) is 65.9 cm³/mol. The van der Waals surface area contributed by atoms with Gasteiger partial charge in [0, 0.05) is 25.0 Å². The number of hydrogen-bond donors (Lipinski definition) is 0. The molecule has 1 aliphatic rings. The lowest BCUT2D eigenvalue weighted by Crippen LogP contribution is -2.26. The molecule has 0 aliphatic heterocycles. The van der Waals surface area contributed by atoms with E-state index in [9.17, 15) is 22.0 Å². The van der Waals surface area contributed by atoms with Crippen molar-refractivity contribution < 1.29 is 26.9 Å². The Labute approximate surface area is 117 Å². The first kappa shape index (κ1) is 14.0. The van der Waals surface area contributed by atoms with Gasteiger partial charge in [-0.1, -0.05) is 24.3 Å². The van der Waals surface area contributed by atoms with Crippen LogP contribution in [-0.2, 0) is 12.1 Å². The number of H-pyrrole nitrogens is 1. The van der Waals surface area contributed by atoms with Crippen LogP contribution in [0, 0.1) is 13.8 Å².